The van der Waals surface area contributed by atoms with Crippen molar-refractivity contribution in [1.29, 1.82) is 0 Å². The van der Waals surface area contributed by atoms with E-state index in [-0.39, 0.29) is 0 Å². The summed E-state index contributed by atoms with van der Waals surface area (Å²) in [5, 5.41) is 7.68. The Morgan fingerprint density at radius 2 is 1.81 bits per heavy atom. The monoisotopic (exact) mass is 286 g/mol. The number of rotatable bonds is 4. The Balaban J connectivity index is 1.64. The van der Waals surface area contributed by atoms with Crippen LogP contribution in [-0.2, 0) is 0 Å². The molecule has 2 heteroatoms. The molecule has 0 aromatic heterocycles. The fourth-order valence-corrected chi connectivity index (χ4v) is 4.20. The summed E-state index contributed by atoms with van der Waals surface area (Å²) in [5.74, 6) is 0.828. The van der Waals surface area contributed by atoms with Gasteiger partial charge in [0.15, 0.2) is 0 Å². The van der Waals surface area contributed by atoms with Gasteiger partial charge in [-0.3, -0.25) is 0 Å². The zero-order valence-corrected chi connectivity index (χ0v) is 13.6. The number of nitrogens with one attached hydrogen (secondary N) is 2. The van der Waals surface area contributed by atoms with Crippen LogP contribution in [-0.4, -0.2) is 18.6 Å². The van der Waals surface area contributed by atoms with E-state index in [1.165, 1.54) is 56.2 Å². The molecule has 1 aromatic carbocycles. The minimum absolute atomic E-state index is 0.456. The lowest BCUT2D eigenvalue weighted by Gasteiger charge is -2.38. The lowest BCUT2D eigenvalue weighted by molar-refractivity contribution is 0.203. The molecule has 0 radical (unpaired) electrons. The van der Waals surface area contributed by atoms with Crippen molar-refractivity contribution in [3.05, 3.63) is 35.4 Å². The maximum Gasteiger partial charge on any atom is 0.0294 e. The minimum atomic E-state index is 0.456. The molecular weight excluding hydrogens is 256 g/mol. The van der Waals surface area contributed by atoms with Crippen molar-refractivity contribution >= 4 is 0 Å². The molecule has 1 aliphatic carbocycles. The van der Waals surface area contributed by atoms with Gasteiger partial charge in [0.25, 0.3) is 0 Å². The van der Waals surface area contributed by atoms with E-state index in [0.29, 0.717) is 12.1 Å². The quantitative estimate of drug-likeness (QED) is 0.875. The van der Waals surface area contributed by atoms with Crippen molar-refractivity contribution in [3.63, 3.8) is 0 Å². The molecule has 3 unspecified atom stereocenters. The number of hydrogen-bond acceptors (Lipinski definition) is 2. The Hall–Kier alpha value is -0.860. The third kappa shape index (κ3) is 3.67. The first-order chi connectivity index (χ1) is 10.2. The van der Waals surface area contributed by atoms with Gasteiger partial charge in [0.2, 0.25) is 0 Å². The van der Waals surface area contributed by atoms with Crippen LogP contribution < -0.4 is 10.6 Å². The maximum absolute atomic E-state index is 3.94. The van der Waals surface area contributed by atoms with Gasteiger partial charge < -0.3 is 10.6 Å². The number of aryl methyl sites for hydroxylation is 1. The van der Waals surface area contributed by atoms with Crippen molar-refractivity contribution in [3.8, 4) is 0 Å². The Morgan fingerprint density at radius 3 is 2.52 bits per heavy atom. The summed E-state index contributed by atoms with van der Waals surface area (Å²) in [5.41, 5.74) is 2.76. The van der Waals surface area contributed by atoms with E-state index in [4.69, 9.17) is 0 Å². The zero-order chi connectivity index (χ0) is 14.7. The van der Waals surface area contributed by atoms with Gasteiger partial charge in [-0.05, 0) is 57.6 Å². The molecule has 0 spiro atoms. The van der Waals surface area contributed by atoms with Crippen LogP contribution in [0.25, 0.3) is 0 Å². The highest BCUT2D eigenvalue weighted by Gasteiger charge is 2.33. The molecule has 2 nitrogen and oxygen atoms in total. The molecular formula is C19H30N2. The Kier molecular flexibility index (Phi) is 4.97. The summed E-state index contributed by atoms with van der Waals surface area (Å²) >= 11 is 0. The molecule has 4 atom stereocenters. The third-order valence-corrected chi connectivity index (χ3v) is 5.48. The molecule has 3 rings (SSSR count). The van der Waals surface area contributed by atoms with Crippen LogP contribution in [0.1, 0.15) is 62.6 Å². The van der Waals surface area contributed by atoms with E-state index >= 15 is 0 Å². The van der Waals surface area contributed by atoms with Gasteiger partial charge >= 0.3 is 0 Å². The molecule has 0 bridgehead atoms. The van der Waals surface area contributed by atoms with Crippen molar-refractivity contribution in [2.24, 2.45) is 5.92 Å². The molecule has 1 heterocycles. The van der Waals surface area contributed by atoms with Gasteiger partial charge in [-0.25, -0.2) is 0 Å². The van der Waals surface area contributed by atoms with Gasteiger partial charge in [0.1, 0.15) is 0 Å². The molecule has 116 valence electrons. The van der Waals surface area contributed by atoms with E-state index in [1.807, 2.05) is 0 Å². The minimum Gasteiger partial charge on any atom is -0.314 e. The van der Waals surface area contributed by atoms with Crippen LogP contribution in [0.3, 0.4) is 0 Å². The molecule has 2 fully saturated rings. The van der Waals surface area contributed by atoms with Crippen molar-refractivity contribution < 1.29 is 0 Å². The van der Waals surface area contributed by atoms with E-state index in [9.17, 15) is 0 Å². The van der Waals surface area contributed by atoms with Gasteiger partial charge in [-0.1, -0.05) is 42.7 Å². The summed E-state index contributed by atoms with van der Waals surface area (Å²) < 4.78 is 0. The SMILES string of the molecule is Cc1ccc([C@H](C)NC2CCCCC2C2CCCN2)cc1. The number of hydrogen-bond donors (Lipinski definition) is 2. The molecule has 2 aliphatic rings. The lowest BCUT2D eigenvalue weighted by atomic mass is 9.79. The smallest absolute Gasteiger partial charge is 0.0294 e. The predicted molar refractivity (Wildman–Crippen MR) is 89.5 cm³/mol. The fraction of sp³-hybridized carbons (Fsp3) is 0.684. The standard InChI is InChI=1S/C19H30N2/c1-14-9-11-16(12-10-14)15(2)21-19-7-4-3-6-17(19)18-8-5-13-20-18/h9-12,15,17-21H,3-8,13H2,1-2H3/t15-,17?,18?,19?/m0/s1. The number of benzene rings is 1. The van der Waals surface area contributed by atoms with Crippen LogP contribution in [0.5, 0.6) is 0 Å². The second-order valence-electron chi connectivity index (χ2n) is 7.06. The first-order valence-corrected chi connectivity index (χ1v) is 8.80. The summed E-state index contributed by atoms with van der Waals surface area (Å²) in [7, 11) is 0. The highest BCUT2D eigenvalue weighted by Crippen LogP contribution is 2.32. The lowest BCUT2D eigenvalue weighted by Crippen LogP contribution is -2.47. The highest BCUT2D eigenvalue weighted by molar-refractivity contribution is 5.23. The van der Waals surface area contributed by atoms with Crippen LogP contribution in [0.15, 0.2) is 24.3 Å². The Labute approximate surface area is 129 Å². The van der Waals surface area contributed by atoms with E-state index in [2.05, 4.69) is 48.7 Å². The molecule has 0 amide bonds. The summed E-state index contributed by atoms with van der Waals surface area (Å²) in [6, 6.07) is 10.9. The van der Waals surface area contributed by atoms with Crippen LogP contribution in [0.2, 0.25) is 0 Å². The average molecular weight is 286 g/mol. The largest absolute Gasteiger partial charge is 0.314 e. The summed E-state index contributed by atoms with van der Waals surface area (Å²) in [4.78, 5) is 0. The first-order valence-electron chi connectivity index (χ1n) is 8.80. The van der Waals surface area contributed by atoms with Crippen molar-refractivity contribution in [1.82, 2.24) is 10.6 Å². The van der Waals surface area contributed by atoms with Gasteiger partial charge in [0, 0.05) is 18.1 Å². The van der Waals surface area contributed by atoms with Crippen molar-refractivity contribution in [2.75, 3.05) is 6.54 Å². The average Bonchev–Trinajstić information content (AvgIpc) is 3.02. The second kappa shape index (κ2) is 6.93. The summed E-state index contributed by atoms with van der Waals surface area (Å²) in [6.45, 7) is 5.70. The first kappa shape index (κ1) is 15.1. The van der Waals surface area contributed by atoms with E-state index < -0.39 is 0 Å². The molecule has 1 saturated carbocycles. The normalized spacial score (nSPS) is 31.2. The third-order valence-electron chi connectivity index (χ3n) is 5.48. The Morgan fingerprint density at radius 1 is 1.05 bits per heavy atom. The van der Waals surface area contributed by atoms with Crippen LogP contribution >= 0.6 is 0 Å². The predicted octanol–water partition coefficient (Wildman–Crippen LogP) is 3.96. The molecule has 1 aromatic rings. The van der Waals surface area contributed by atoms with E-state index in [0.717, 1.165) is 12.0 Å². The second-order valence-corrected chi connectivity index (χ2v) is 7.06. The fourth-order valence-electron chi connectivity index (χ4n) is 4.20. The molecule has 21 heavy (non-hydrogen) atoms. The van der Waals surface area contributed by atoms with Gasteiger partial charge in [-0.15, -0.1) is 0 Å². The van der Waals surface area contributed by atoms with Crippen LogP contribution in [0.4, 0.5) is 0 Å². The molecule has 2 N–H and O–H groups in total. The maximum atomic E-state index is 3.94. The topological polar surface area (TPSA) is 24.1 Å². The van der Waals surface area contributed by atoms with Crippen LogP contribution in [0, 0.1) is 12.8 Å². The van der Waals surface area contributed by atoms with E-state index in [1.54, 1.807) is 0 Å². The highest BCUT2D eigenvalue weighted by atomic mass is 15.0. The van der Waals surface area contributed by atoms with Crippen molar-refractivity contribution in [2.45, 2.75) is 70.5 Å². The molecule has 1 aliphatic heterocycles. The van der Waals surface area contributed by atoms with Gasteiger partial charge in [0.05, 0.1) is 0 Å². The summed E-state index contributed by atoms with van der Waals surface area (Å²) in [6.07, 6.45) is 8.29. The Bertz CT molecular complexity index is 433. The van der Waals surface area contributed by atoms with Gasteiger partial charge in [-0.2, -0.15) is 0 Å². The molecule has 1 saturated heterocycles. The zero-order valence-electron chi connectivity index (χ0n) is 13.6.